The highest BCUT2D eigenvalue weighted by molar-refractivity contribution is 6.09. The summed E-state index contributed by atoms with van der Waals surface area (Å²) in [6.07, 6.45) is 3.52. The number of rotatable bonds is 3. The minimum Gasteiger partial charge on any atom is -0.323 e. The Labute approximate surface area is 111 Å². The zero-order valence-corrected chi connectivity index (χ0v) is 11.2. The molecule has 2 unspecified atom stereocenters. The van der Waals surface area contributed by atoms with Gasteiger partial charge in [0.25, 0.3) is 11.8 Å². The van der Waals surface area contributed by atoms with Crippen LogP contribution in [0.3, 0.4) is 0 Å². The molecule has 2 fully saturated rings. The highest BCUT2D eigenvalue weighted by Crippen LogP contribution is 2.37. The van der Waals surface area contributed by atoms with Crippen LogP contribution in [0.15, 0.2) is 0 Å². The van der Waals surface area contributed by atoms with E-state index < -0.39 is 17.5 Å². The van der Waals surface area contributed by atoms with Crippen LogP contribution in [-0.2, 0) is 14.4 Å². The molecule has 1 aliphatic heterocycles. The summed E-state index contributed by atoms with van der Waals surface area (Å²) in [5.74, 6) is -0.726. The second-order valence-electron chi connectivity index (χ2n) is 5.17. The van der Waals surface area contributed by atoms with Crippen LogP contribution in [0, 0.1) is 5.92 Å². The Morgan fingerprint density at radius 2 is 2.26 bits per heavy atom. The van der Waals surface area contributed by atoms with Gasteiger partial charge in [-0.2, -0.15) is 0 Å². The Morgan fingerprint density at radius 1 is 1.53 bits per heavy atom. The van der Waals surface area contributed by atoms with Crippen molar-refractivity contribution in [3.63, 3.8) is 0 Å². The van der Waals surface area contributed by atoms with Crippen molar-refractivity contribution >= 4 is 17.8 Å². The van der Waals surface area contributed by atoms with Gasteiger partial charge in [-0.25, -0.2) is 10.3 Å². The van der Waals surface area contributed by atoms with Gasteiger partial charge in [-0.05, 0) is 18.8 Å². The van der Waals surface area contributed by atoms with E-state index in [-0.39, 0.29) is 18.4 Å². The van der Waals surface area contributed by atoms with Crippen LogP contribution in [0.1, 0.15) is 32.6 Å². The maximum atomic E-state index is 12.5. The lowest BCUT2D eigenvalue weighted by molar-refractivity contribution is -0.140. The molecular formula is C12H19N3O4. The van der Waals surface area contributed by atoms with Crippen molar-refractivity contribution in [2.24, 2.45) is 5.92 Å². The van der Waals surface area contributed by atoms with Crippen LogP contribution in [0.2, 0.25) is 0 Å². The first-order valence-corrected chi connectivity index (χ1v) is 6.47. The Bertz CT molecular complexity index is 412. The van der Waals surface area contributed by atoms with Gasteiger partial charge in [-0.1, -0.05) is 19.8 Å². The summed E-state index contributed by atoms with van der Waals surface area (Å²) in [5.41, 5.74) is 1.29. The number of hydrogen-bond donors (Lipinski definition) is 2. The molecule has 1 spiro atoms. The molecule has 2 N–H and O–H groups in total. The normalized spacial score (nSPS) is 30.6. The van der Waals surface area contributed by atoms with Crippen molar-refractivity contribution in [2.75, 3.05) is 13.7 Å². The number of imide groups is 1. The SMILES string of the molecule is CONC(=O)CN1C(=O)NC2(CCCCC2C)C1=O. The third kappa shape index (κ3) is 2.30. The van der Waals surface area contributed by atoms with Crippen LogP contribution in [0.4, 0.5) is 4.79 Å². The second-order valence-corrected chi connectivity index (χ2v) is 5.17. The zero-order chi connectivity index (χ0) is 14.0. The summed E-state index contributed by atoms with van der Waals surface area (Å²) >= 11 is 0. The van der Waals surface area contributed by atoms with Crippen molar-refractivity contribution in [2.45, 2.75) is 38.1 Å². The van der Waals surface area contributed by atoms with E-state index >= 15 is 0 Å². The second kappa shape index (κ2) is 5.16. The van der Waals surface area contributed by atoms with E-state index in [1.165, 1.54) is 7.11 Å². The monoisotopic (exact) mass is 269 g/mol. The van der Waals surface area contributed by atoms with E-state index in [4.69, 9.17) is 0 Å². The van der Waals surface area contributed by atoms with Gasteiger partial charge < -0.3 is 5.32 Å². The van der Waals surface area contributed by atoms with Crippen LogP contribution >= 0.6 is 0 Å². The zero-order valence-electron chi connectivity index (χ0n) is 11.2. The molecule has 1 saturated heterocycles. The first-order valence-electron chi connectivity index (χ1n) is 6.47. The highest BCUT2D eigenvalue weighted by atomic mass is 16.6. The summed E-state index contributed by atoms with van der Waals surface area (Å²) in [6.45, 7) is 1.66. The fourth-order valence-corrected chi connectivity index (χ4v) is 2.93. The smallest absolute Gasteiger partial charge is 0.323 e. The standard InChI is InChI=1S/C12H19N3O4/c1-8-5-3-4-6-12(8)10(17)15(11(18)13-12)7-9(16)14-19-2/h8H,3-7H2,1-2H3,(H,13,18)(H,14,16). The third-order valence-corrected chi connectivity index (χ3v) is 4.02. The van der Waals surface area contributed by atoms with E-state index in [0.717, 1.165) is 24.2 Å². The van der Waals surface area contributed by atoms with Gasteiger partial charge in [0.15, 0.2) is 0 Å². The Hall–Kier alpha value is -1.63. The number of hydrogen-bond acceptors (Lipinski definition) is 4. The molecule has 0 bridgehead atoms. The molecule has 0 aromatic rings. The van der Waals surface area contributed by atoms with Crippen LogP contribution in [-0.4, -0.2) is 41.9 Å². The van der Waals surface area contributed by atoms with Gasteiger partial charge in [0.2, 0.25) is 0 Å². The summed E-state index contributed by atoms with van der Waals surface area (Å²) in [5, 5.41) is 2.78. The van der Waals surface area contributed by atoms with E-state index in [9.17, 15) is 14.4 Å². The van der Waals surface area contributed by atoms with Gasteiger partial charge in [0.05, 0.1) is 7.11 Å². The van der Waals surface area contributed by atoms with Gasteiger partial charge in [-0.15, -0.1) is 0 Å². The maximum absolute atomic E-state index is 12.5. The van der Waals surface area contributed by atoms with Crippen LogP contribution < -0.4 is 10.8 Å². The van der Waals surface area contributed by atoms with Gasteiger partial charge in [0.1, 0.15) is 12.1 Å². The molecule has 0 aromatic carbocycles. The predicted molar refractivity (Wildman–Crippen MR) is 65.8 cm³/mol. The fourth-order valence-electron chi connectivity index (χ4n) is 2.93. The van der Waals surface area contributed by atoms with Gasteiger partial charge in [-0.3, -0.25) is 19.3 Å². The quantitative estimate of drug-likeness (QED) is 0.564. The maximum Gasteiger partial charge on any atom is 0.325 e. The lowest BCUT2D eigenvalue weighted by atomic mass is 9.73. The fraction of sp³-hybridized carbons (Fsp3) is 0.750. The predicted octanol–water partition coefficient (Wildman–Crippen LogP) is 0.165. The first kappa shape index (κ1) is 13.8. The first-order chi connectivity index (χ1) is 9.01. The molecule has 2 rings (SSSR count). The van der Waals surface area contributed by atoms with Crippen molar-refractivity contribution in [1.29, 1.82) is 0 Å². The molecule has 106 valence electrons. The number of nitrogens with one attached hydrogen (secondary N) is 2. The molecule has 1 heterocycles. The van der Waals surface area contributed by atoms with E-state index in [1.54, 1.807) is 0 Å². The minimum absolute atomic E-state index is 0.0909. The number of amides is 4. The lowest BCUT2D eigenvalue weighted by Crippen LogP contribution is -2.54. The molecule has 0 radical (unpaired) electrons. The number of nitrogens with zero attached hydrogens (tertiary/aromatic N) is 1. The van der Waals surface area contributed by atoms with Crippen LogP contribution in [0.25, 0.3) is 0 Å². The van der Waals surface area contributed by atoms with E-state index in [2.05, 4.69) is 15.6 Å². The van der Waals surface area contributed by atoms with Crippen molar-refractivity contribution < 1.29 is 19.2 Å². The lowest BCUT2D eigenvalue weighted by Gasteiger charge is -2.36. The van der Waals surface area contributed by atoms with Crippen molar-refractivity contribution in [3.8, 4) is 0 Å². The molecule has 19 heavy (non-hydrogen) atoms. The van der Waals surface area contributed by atoms with E-state index in [1.807, 2.05) is 6.92 Å². The summed E-state index contributed by atoms with van der Waals surface area (Å²) in [6, 6.07) is -0.495. The van der Waals surface area contributed by atoms with Gasteiger partial charge >= 0.3 is 6.03 Å². The Kier molecular flexibility index (Phi) is 3.75. The molecule has 4 amide bonds. The molecule has 7 heteroatoms. The number of hydroxylamine groups is 1. The molecule has 2 aliphatic rings. The molecule has 7 nitrogen and oxygen atoms in total. The van der Waals surface area contributed by atoms with Gasteiger partial charge in [0, 0.05) is 0 Å². The van der Waals surface area contributed by atoms with Crippen LogP contribution in [0.5, 0.6) is 0 Å². The molecule has 0 aromatic heterocycles. The average Bonchev–Trinajstić information content (AvgIpc) is 2.59. The van der Waals surface area contributed by atoms with Crippen molar-refractivity contribution in [1.82, 2.24) is 15.7 Å². The Morgan fingerprint density at radius 3 is 2.89 bits per heavy atom. The average molecular weight is 269 g/mol. The molecular weight excluding hydrogens is 250 g/mol. The summed E-state index contributed by atoms with van der Waals surface area (Å²) < 4.78 is 0. The highest BCUT2D eigenvalue weighted by Gasteiger charge is 2.55. The largest absolute Gasteiger partial charge is 0.325 e. The molecule has 1 aliphatic carbocycles. The topological polar surface area (TPSA) is 87.7 Å². The number of carbonyl (C=O) groups is 3. The number of carbonyl (C=O) groups excluding carboxylic acids is 3. The minimum atomic E-state index is -0.817. The Balaban J connectivity index is 2.13. The third-order valence-electron chi connectivity index (χ3n) is 4.02. The summed E-state index contributed by atoms with van der Waals surface area (Å²) in [7, 11) is 1.30. The number of urea groups is 1. The summed E-state index contributed by atoms with van der Waals surface area (Å²) in [4.78, 5) is 41.3. The van der Waals surface area contributed by atoms with Crippen molar-refractivity contribution in [3.05, 3.63) is 0 Å². The molecule has 1 saturated carbocycles. The van der Waals surface area contributed by atoms with E-state index in [0.29, 0.717) is 6.42 Å². The molecule has 2 atom stereocenters.